The van der Waals surface area contributed by atoms with Crippen molar-refractivity contribution in [1.29, 1.82) is 0 Å². The maximum absolute atomic E-state index is 12.6. The third-order valence-corrected chi connectivity index (χ3v) is 5.15. The van der Waals surface area contributed by atoms with E-state index in [2.05, 4.69) is 23.3 Å². The molecule has 1 aromatic carbocycles. The van der Waals surface area contributed by atoms with E-state index in [0.717, 1.165) is 13.0 Å². The molecular formula is C17H19NO2S. The number of hydrogen-bond donors (Lipinski definition) is 0. The Kier molecular flexibility index (Phi) is 4.08. The lowest BCUT2D eigenvalue weighted by Gasteiger charge is -2.33. The van der Waals surface area contributed by atoms with Gasteiger partial charge in [-0.1, -0.05) is 12.1 Å². The second-order valence-corrected chi connectivity index (χ2v) is 6.32. The number of rotatable bonds is 4. The van der Waals surface area contributed by atoms with Gasteiger partial charge in [0.1, 0.15) is 5.75 Å². The SMILES string of the molecule is COc1ccccc1C(=O)CN1CCc2sccc2C1C. The molecule has 2 heterocycles. The van der Waals surface area contributed by atoms with Crippen molar-refractivity contribution in [3.05, 3.63) is 51.7 Å². The molecule has 0 spiro atoms. The molecule has 1 aromatic heterocycles. The average Bonchev–Trinajstić information content (AvgIpc) is 2.99. The molecule has 0 aliphatic carbocycles. The average molecular weight is 301 g/mol. The van der Waals surface area contributed by atoms with Crippen LogP contribution >= 0.6 is 11.3 Å². The van der Waals surface area contributed by atoms with Gasteiger partial charge in [0, 0.05) is 17.5 Å². The summed E-state index contributed by atoms with van der Waals surface area (Å²) in [6.45, 7) is 3.56. The Bertz CT molecular complexity index is 650. The van der Waals surface area contributed by atoms with Crippen molar-refractivity contribution in [2.45, 2.75) is 19.4 Å². The maximum Gasteiger partial charge on any atom is 0.180 e. The molecule has 4 heteroatoms. The number of carbonyl (C=O) groups is 1. The number of Topliss-reactive ketones (excluding diaryl/α,β-unsaturated/α-hetero) is 1. The molecule has 3 rings (SSSR count). The molecule has 0 radical (unpaired) electrons. The van der Waals surface area contributed by atoms with Gasteiger partial charge in [0.05, 0.1) is 19.2 Å². The summed E-state index contributed by atoms with van der Waals surface area (Å²) >= 11 is 1.82. The van der Waals surface area contributed by atoms with E-state index in [1.54, 1.807) is 7.11 Å². The van der Waals surface area contributed by atoms with E-state index in [4.69, 9.17) is 4.74 Å². The molecule has 0 bridgehead atoms. The summed E-state index contributed by atoms with van der Waals surface area (Å²) in [6, 6.07) is 9.93. The van der Waals surface area contributed by atoms with E-state index in [1.807, 2.05) is 35.6 Å². The Morgan fingerprint density at radius 2 is 2.19 bits per heavy atom. The summed E-state index contributed by atoms with van der Waals surface area (Å²) in [5.74, 6) is 0.779. The Hall–Kier alpha value is -1.65. The molecule has 0 saturated heterocycles. The van der Waals surface area contributed by atoms with Gasteiger partial charge in [0.2, 0.25) is 0 Å². The van der Waals surface area contributed by atoms with Crippen molar-refractivity contribution in [1.82, 2.24) is 4.90 Å². The Labute approximate surface area is 129 Å². The molecule has 0 N–H and O–H groups in total. The van der Waals surface area contributed by atoms with E-state index < -0.39 is 0 Å². The molecule has 1 atom stereocenters. The van der Waals surface area contributed by atoms with Gasteiger partial charge in [0.25, 0.3) is 0 Å². The quantitative estimate of drug-likeness (QED) is 0.809. The van der Waals surface area contributed by atoms with E-state index in [1.165, 1.54) is 10.4 Å². The predicted molar refractivity (Wildman–Crippen MR) is 85.3 cm³/mol. The van der Waals surface area contributed by atoms with Crippen LogP contribution in [0.25, 0.3) is 0 Å². The zero-order valence-electron chi connectivity index (χ0n) is 12.3. The molecule has 110 valence electrons. The van der Waals surface area contributed by atoms with Crippen LogP contribution in [0.1, 0.15) is 33.8 Å². The zero-order valence-corrected chi connectivity index (χ0v) is 13.2. The minimum Gasteiger partial charge on any atom is -0.496 e. The highest BCUT2D eigenvalue weighted by atomic mass is 32.1. The minimum atomic E-state index is 0.123. The van der Waals surface area contributed by atoms with Crippen LogP contribution in [0.15, 0.2) is 35.7 Å². The number of methoxy groups -OCH3 is 1. The van der Waals surface area contributed by atoms with Gasteiger partial charge < -0.3 is 4.74 Å². The summed E-state index contributed by atoms with van der Waals surface area (Å²) in [5, 5.41) is 2.15. The number of ketones is 1. The fourth-order valence-corrected chi connectivity index (χ4v) is 3.88. The summed E-state index contributed by atoms with van der Waals surface area (Å²) in [7, 11) is 1.60. The van der Waals surface area contributed by atoms with Gasteiger partial charge in [-0.2, -0.15) is 0 Å². The molecule has 2 aromatic rings. The van der Waals surface area contributed by atoms with Crippen LogP contribution in [0.2, 0.25) is 0 Å². The van der Waals surface area contributed by atoms with E-state index >= 15 is 0 Å². The number of nitrogens with zero attached hydrogens (tertiary/aromatic N) is 1. The second-order valence-electron chi connectivity index (χ2n) is 5.32. The van der Waals surface area contributed by atoms with Crippen LogP contribution < -0.4 is 4.74 Å². The predicted octanol–water partition coefficient (Wildman–Crippen LogP) is 3.56. The number of benzene rings is 1. The second kappa shape index (κ2) is 6.00. The van der Waals surface area contributed by atoms with Crippen molar-refractivity contribution in [2.24, 2.45) is 0 Å². The Balaban J connectivity index is 1.77. The number of carbonyl (C=O) groups excluding carboxylic acids is 1. The number of hydrogen-bond acceptors (Lipinski definition) is 4. The molecule has 0 saturated carbocycles. The highest BCUT2D eigenvalue weighted by molar-refractivity contribution is 7.10. The van der Waals surface area contributed by atoms with Crippen molar-refractivity contribution < 1.29 is 9.53 Å². The number of fused-ring (bicyclic) bond motifs is 1. The van der Waals surface area contributed by atoms with Crippen molar-refractivity contribution in [2.75, 3.05) is 20.2 Å². The first-order valence-corrected chi connectivity index (χ1v) is 8.05. The lowest BCUT2D eigenvalue weighted by Crippen LogP contribution is -2.37. The Morgan fingerprint density at radius 1 is 1.38 bits per heavy atom. The molecule has 1 aliphatic rings. The normalized spacial score (nSPS) is 18.3. The van der Waals surface area contributed by atoms with Gasteiger partial charge in [-0.15, -0.1) is 11.3 Å². The summed E-state index contributed by atoms with van der Waals surface area (Å²) in [5.41, 5.74) is 2.04. The van der Waals surface area contributed by atoms with Gasteiger partial charge in [0.15, 0.2) is 5.78 Å². The van der Waals surface area contributed by atoms with Crippen molar-refractivity contribution >= 4 is 17.1 Å². The fraction of sp³-hybridized carbons (Fsp3) is 0.353. The first kappa shape index (κ1) is 14.3. The van der Waals surface area contributed by atoms with E-state index in [0.29, 0.717) is 23.9 Å². The van der Waals surface area contributed by atoms with Crippen LogP contribution in [-0.4, -0.2) is 30.9 Å². The monoisotopic (exact) mass is 301 g/mol. The minimum absolute atomic E-state index is 0.123. The zero-order chi connectivity index (χ0) is 14.8. The van der Waals surface area contributed by atoms with Gasteiger partial charge in [-0.25, -0.2) is 0 Å². The lowest BCUT2D eigenvalue weighted by atomic mass is 10.00. The molecule has 21 heavy (non-hydrogen) atoms. The fourth-order valence-electron chi connectivity index (χ4n) is 2.92. The van der Waals surface area contributed by atoms with Crippen LogP contribution in [0.3, 0.4) is 0 Å². The topological polar surface area (TPSA) is 29.5 Å². The van der Waals surface area contributed by atoms with Gasteiger partial charge in [-0.3, -0.25) is 9.69 Å². The third kappa shape index (κ3) is 2.74. The molecule has 1 unspecified atom stereocenters. The lowest BCUT2D eigenvalue weighted by molar-refractivity contribution is 0.0888. The summed E-state index contributed by atoms with van der Waals surface area (Å²) < 4.78 is 5.29. The van der Waals surface area contributed by atoms with Crippen LogP contribution in [0, 0.1) is 0 Å². The van der Waals surface area contributed by atoms with Crippen LogP contribution in [0.5, 0.6) is 5.75 Å². The largest absolute Gasteiger partial charge is 0.496 e. The molecule has 0 amide bonds. The molecular weight excluding hydrogens is 282 g/mol. The highest BCUT2D eigenvalue weighted by Gasteiger charge is 2.27. The van der Waals surface area contributed by atoms with Crippen molar-refractivity contribution in [3.63, 3.8) is 0 Å². The first-order chi connectivity index (χ1) is 10.2. The smallest absolute Gasteiger partial charge is 0.180 e. The standard InChI is InChI=1S/C17H19NO2S/c1-12-13-8-10-21-17(13)7-9-18(12)11-15(19)14-5-3-4-6-16(14)20-2/h3-6,8,10,12H,7,9,11H2,1-2H3. The summed E-state index contributed by atoms with van der Waals surface area (Å²) in [4.78, 5) is 16.3. The van der Waals surface area contributed by atoms with E-state index in [9.17, 15) is 4.79 Å². The summed E-state index contributed by atoms with van der Waals surface area (Å²) in [6.07, 6.45) is 1.04. The van der Waals surface area contributed by atoms with Crippen LogP contribution in [0.4, 0.5) is 0 Å². The Morgan fingerprint density at radius 3 is 3.00 bits per heavy atom. The molecule has 3 nitrogen and oxygen atoms in total. The van der Waals surface area contributed by atoms with E-state index in [-0.39, 0.29) is 5.78 Å². The number of thiophene rings is 1. The van der Waals surface area contributed by atoms with Gasteiger partial charge >= 0.3 is 0 Å². The molecule has 0 fully saturated rings. The van der Waals surface area contributed by atoms with Crippen LogP contribution in [-0.2, 0) is 6.42 Å². The number of ether oxygens (including phenoxy) is 1. The first-order valence-electron chi connectivity index (χ1n) is 7.17. The highest BCUT2D eigenvalue weighted by Crippen LogP contribution is 2.33. The molecule has 1 aliphatic heterocycles. The maximum atomic E-state index is 12.6. The number of para-hydroxylation sites is 1. The van der Waals surface area contributed by atoms with Crippen molar-refractivity contribution in [3.8, 4) is 5.75 Å². The van der Waals surface area contributed by atoms with Gasteiger partial charge in [-0.05, 0) is 42.5 Å². The third-order valence-electron chi connectivity index (χ3n) is 4.16.